The Morgan fingerprint density at radius 1 is 0.444 bits per heavy atom. The third-order valence-corrected chi connectivity index (χ3v) is 1.90. The molecule has 0 aliphatic rings. The highest BCUT2D eigenvalue weighted by molar-refractivity contribution is 5.40. The van der Waals surface area contributed by atoms with Gasteiger partial charge in [0, 0.05) is 37.2 Å². The number of nitrogens with zero attached hydrogens (tertiary/aromatic N) is 5. The molecule has 3 rings (SSSR count). The Morgan fingerprint density at radius 3 is 1.17 bits per heavy atom. The summed E-state index contributed by atoms with van der Waals surface area (Å²) in [5, 5.41) is 0. The van der Waals surface area contributed by atoms with Crippen LogP contribution < -0.4 is 0 Å². The van der Waals surface area contributed by atoms with Crippen molar-refractivity contribution in [1.29, 1.82) is 0 Å². The maximum Gasteiger partial charge on any atom is 0.197 e. The molecule has 0 aromatic carbocycles. The minimum atomic E-state index is 0.554. The van der Waals surface area contributed by atoms with Crippen LogP contribution in [-0.4, -0.2) is 24.9 Å². The first kappa shape index (κ1) is 11.8. The fourth-order valence-corrected chi connectivity index (χ4v) is 1.14. The zero-order valence-corrected chi connectivity index (χ0v) is 9.59. The molecule has 3 aromatic heterocycles. The standard InChI is InChI=1S/C8H6N4.C5H5N/c1-3-9-7(10-4-1)8-11-5-2-6-12-8;1-2-4-6-5-3-1/h1-6H;1-5H. The van der Waals surface area contributed by atoms with Crippen LogP contribution in [0.4, 0.5) is 0 Å². The van der Waals surface area contributed by atoms with E-state index in [4.69, 9.17) is 0 Å². The second kappa shape index (κ2) is 6.80. The van der Waals surface area contributed by atoms with Gasteiger partial charge in [0.05, 0.1) is 0 Å². The van der Waals surface area contributed by atoms with Gasteiger partial charge >= 0.3 is 0 Å². The summed E-state index contributed by atoms with van der Waals surface area (Å²) in [6, 6.07) is 9.23. The smallest absolute Gasteiger partial charge is 0.197 e. The Labute approximate surface area is 105 Å². The van der Waals surface area contributed by atoms with Crippen LogP contribution in [0.1, 0.15) is 0 Å². The monoisotopic (exact) mass is 237 g/mol. The van der Waals surface area contributed by atoms with Gasteiger partial charge in [-0.3, -0.25) is 4.98 Å². The summed E-state index contributed by atoms with van der Waals surface area (Å²) in [4.78, 5) is 19.8. The lowest BCUT2D eigenvalue weighted by Gasteiger charge is -1.93. The normalized spacial score (nSPS) is 9.11. The number of hydrogen-bond donors (Lipinski definition) is 0. The van der Waals surface area contributed by atoms with Crippen LogP contribution in [0.5, 0.6) is 0 Å². The molecule has 0 saturated heterocycles. The van der Waals surface area contributed by atoms with Crippen LogP contribution in [0.25, 0.3) is 11.6 Å². The van der Waals surface area contributed by atoms with E-state index in [1.165, 1.54) is 0 Å². The summed E-state index contributed by atoms with van der Waals surface area (Å²) in [5.74, 6) is 1.11. The summed E-state index contributed by atoms with van der Waals surface area (Å²) in [5.41, 5.74) is 0. The van der Waals surface area contributed by atoms with E-state index in [1.807, 2.05) is 18.2 Å². The molecule has 18 heavy (non-hydrogen) atoms. The molecule has 88 valence electrons. The lowest BCUT2D eigenvalue weighted by atomic mass is 10.5. The van der Waals surface area contributed by atoms with Crippen molar-refractivity contribution in [1.82, 2.24) is 24.9 Å². The topological polar surface area (TPSA) is 64.5 Å². The molecular formula is C13H11N5. The minimum absolute atomic E-state index is 0.554. The van der Waals surface area contributed by atoms with Crippen LogP contribution >= 0.6 is 0 Å². The fraction of sp³-hybridized carbons (Fsp3) is 0. The third kappa shape index (κ3) is 3.71. The Balaban J connectivity index is 0.000000169. The summed E-state index contributed by atoms with van der Waals surface area (Å²) >= 11 is 0. The Kier molecular flexibility index (Phi) is 4.45. The largest absolute Gasteiger partial charge is 0.265 e. The van der Waals surface area contributed by atoms with Crippen LogP contribution in [0.2, 0.25) is 0 Å². The number of rotatable bonds is 1. The number of aromatic nitrogens is 5. The van der Waals surface area contributed by atoms with Gasteiger partial charge in [0.2, 0.25) is 0 Å². The molecule has 0 bridgehead atoms. The maximum atomic E-state index is 4.01. The average molecular weight is 237 g/mol. The van der Waals surface area contributed by atoms with Gasteiger partial charge < -0.3 is 0 Å². The van der Waals surface area contributed by atoms with E-state index in [-0.39, 0.29) is 0 Å². The molecule has 3 aromatic rings. The van der Waals surface area contributed by atoms with E-state index in [2.05, 4.69) is 24.9 Å². The Bertz CT molecular complexity index is 478. The SMILES string of the molecule is c1ccncc1.c1cnc(-c2ncccn2)nc1. The highest BCUT2D eigenvalue weighted by Gasteiger charge is 1.99. The minimum Gasteiger partial charge on any atom is -0.265 e. The molecule has 0 amide bonds. The Morgan fingerprint density at radius 2 is 0.889 bits per heavy atom. The molecule has 0 radical (unpaired) electrons. The van der Waals surface area contributed by atoms with Crippen molar-refractivity contribution in [3.63, 3.8) is 0 Å². The molecule has 0 atom stereocenters. The van der Waals surface area contributed by atoms with Crippen molar-refractivity contribution in [2.45, 2.75) is 0 Å². The van der Waals surface area contributed by atoms with E-state index in [9.17, 15) is 0 Å². The van der Waals surface area contributed by atoms with Crippen molar-refractivity contribution in [2.75, 3.05) is 0 Å². The highest BCUT2D eigenvalue weighted by Crippen LogP contribution is 2.03. The number of hydrogen-bond acceptors (Lipinski definition) is 5. The first-order chi connectivity index (χ1) is 8.97. The first-order valence-electron chi connectivity index (χ1n) is 5.36. The Hall–Kier alpha value is -2.69. The first-order valence-corrected chi connectivity index (χ1v) is 5.36. The van der Waals surface area contributed by atoms with Gasteiger partial charge in [0.1, 0.15) is 0 Å². The van der Waals surface area contributed by atoms with E-state index in [1.54, 1.807) is 49.3 Å². The second-order valence-corrected chi connectivity index (χ2v) is 3.17. The van der Waals surface area contributed by atoms with Gasteiger partial charge in [0.25, 0.3) is 0 Å². The van der Waals surface area contributed by atoms with Gasteiger partial charge in [-0.05, 0) is 24.3 Å². The molecular weight excluding hydrogens is 226 g/mol. The zero-order chi connectivity index (χ0) is 12.5. The summed E-state index contributed by atoms with van der Waals surface area (Å²) < 4.78 is 0. The second-order valence-electron chi connectivity index (χ2n) is 3.17. The third-order valence-electron chi connectivity index (χ3n) is 1.90. The van der Waals surface area contributed by atoms with E-state index in [0.29, 0.717) is 11.6 Å². The van der Waals surface area contributed by atoms with Crippen molar-refractivity contribution in [3.8, 4) is 11.6 Å². The molecule has 5 heteroatoms. The van der Waals surface area contributed by atoms with Gasteiger partial charge in [-0.15, -0.1) is 0 Å². The summed E-state index contributed by atoms with van der Waals surface area (Å²) in [7, 11) is 0. The van der Waals surface area contributed by atoms with Gasteiger partial charge in [-0.1, -0.05) is 6.07 Å². The van der Waals surface area contributed by atoms with Crippen LogP contribution in [0.3, 0.4) is 0 Å². The van der Waals surface area contributed by atoms with Gasteiger partial charge in [-0.25, -0.2) is 19.9 Å². The van der Waals surface area contributed by atoms with Gasteiger partial charge in [0.15, 0.2) is 11.6 Å². The fourth-order valence-electron chi connectivity index (χ4n) is 1.14. The van der Waals surface area contributed by atoms with Crippen LogP contribution in [0, 0.1) is 0 Å². The van der Waals surface area contributed by atoms with Crippen molar-refractivity contribution in [2.24, 2.45) is 0 Å². The molecule has 0 aliphatic heterocycles. The molecule has 0 aliphatic carbocycles. The van der Waals surface area contributed by atoms with Crippen molar-refractivity contribution >= 4 is 0 Å². The summed E-state index contributed by atoms with van der Waals surface area (Å²) in [6.07, 6.45) is 10.2. The molecule has 0 spiro atoms. The summed E-state index contributed by atoms with van der Waals surface area (Å²) in [6.45, 7) is 0. The van der Waals surface area contributed by atoms with Crippen molar-refractivity contribution in [3.05, 3.63) is 67.5 Å². The molecule has 0 N–H and O–H groups in total. The quantitative estimate of drug-likeness (QED) is 0.647. The lowest BCUT2D eigenvalue weighted by Crippen LogP contribution is -1.91. The maximum absolute atomic E-state index is 4.01. The highest BCUT2D eigenvalue weighted by atomic mass is 15.0. The predicted octanol–water partition coefficient (Wildman–Crippen LogP) is 2.02. The lowest BCUT2D eigenvalue weighted by molar-refractivity contribution is 1.08. The van der Waals surface area contributed by atoms with E-state index >= 15 is 0 Å². The predicted molar refractivity (Wildman–Crippen MR) is 67.3 cm³/mol. The molecule has 0 unspecified atom stereocenters. The average Bonchev–Trinajstić information content (AvgIpc) is 2.51. The molecule has 0 fully saturated rings. The molecule has 5 nitrogen and oxygen atoms in total. The zero-order valence-electron chi connectivity index (χ0n) is 9.59. The molecule has 0 saturated carbocycles. The van der Waals surface area contributed by atoms with Crippen LogP contribution in [0.15, 0.2) is 67.5 Å². The number of pyridine rings is 1. The van der Waals surface area contributed by atoms with Crippen LogP contribution in [-0.2, 0) is 0 Å². The van der Waals surface area contributed by atoms with E-state index in [0.717, 1.165) is 0 Å². The van der Waals surface area contributed by atoms with E-state index < -0.39 is 0 Å². The molecule has 3 heterocycles. The van der Waals surface area contributed by atoms with Gasteiger partial charge in [-0.2, -0.15) is 0 Å². The van der Waals surface area contributed by atoms with Crippen molar-refractivity contribution < 1.29 is 0 Å².